The lowest BCUT2D eigenvalue weighted by Crippen LogP contribution is -2.40. The standard InChI is InChI=1S/C22H20ClNO5S/c1-14-4-2-7-18-19(25)11-20(29-21(14)18)22(26)24(17-8-9-30(27,28)13-17)12-15-5-3-6-16(23)10-15/h2-7,10-11,17H,8-9,12-13H2,1H3. The summed E-state index contributed by atoms with van der Waals surface area (Å²) in [5.74, 6) is -0.707. The van der Waals surface area contributed by atoms with E-state index in [-0.39, 0.29) is 29.2 Å². The van der Waals surface area contributed by atoms with Gasteiger partial charge in [-0.2, -0.15) is 0 Å². The van der Waals surface area contributed by atoms with Gasteiger partial charge >= 0.3 is 0 Å². The molecule has 0 saturated carbocycles. The second-order valence-corrected chi connectivity index (χ2v) is 10.2. The molecule has 1 amide bonds. The van der Waals surface area contributed by atoms with E-state index in [1.165, 1.54) is 11.0 Å². The van der Waals surface area contributed by atoms with E-state index >= 15 is 0 Å². The molecule has 1 saturated heterocycles. The molecule has 1 aliphatic rings. The van der Waals surface area contributed by atoms with Crippen LogP contribution in [0.15, 0.2) is 57.7 Å². The molecule has 1 atom stereocenters. The predicted molar refractivity (Wildman–Crippen MR) is 116 cm³/mol. The molecule has 2 aromatic carbocycles. The molecule has 0 spiro atoms. The molecular formula is C22H20ClNO5S. The Morgan fingerprint density at radius 2 is 1.97 bits per heavy atom. The quantitative estimate of drug-likeness (QED) is 0.612. The van der Waals surface area contributed by atoms with Crippen molar-refractivity contribution < 1.29 is 17.6 Å². The minimum absolute atomic E-state index is 0.0256. The first-order chi connectivity index (χ1) is 14.2. The summed E-state index contributed by atoms with van der Waals surface area (Å²) >= 11 is 6.07. The zero-order valence-electron chi connectivity index (χ0n) is 16.3. The normalized spacial score (nSPS) is 17.9. The topological polar surface area (TPSA) is 84.7 Å². The van der Waals surface area contributed by atoms with Crippen molar-refractivity contribution in [3.8, 4) is 0 Å². The van der Waals surface area contributed by atoms with E-state index in [4.69, 9.17) is 16.0 Å². The summed E-state index contributed by atoms with van der Waals surface area (Å²) in [6.45, 7) is 1.96. The molecule has 3 aromatic rings. The van der Waals surface area contributed by atoms with Crippen LogP contribution in [0.3, 0.4) is 0 Å². The number of para-hydroxylation sites is 1. The lowest BCUT2D eigenvalue weighted by molar-refractivity contribution is 0.0648. The van der Waals surface area contributed by atoms with Gasteiger partial charge in [-0.15, -0.1) is 0 Å². The highest BCUT2D eigenvalue weighted by molar-refractivity contribution is 7.91. The SMILES string of the molecule is Cc1cccc2c(=O)cc(C(=O)N(Cc3cccc(Cl)c3)C3CCS(=O)(=O)C3)oc12. The van der Waals surface area contributed by atoms with Crippen molar-refractivity contribution in [1.82, 2.24) is 4.90 Å². The predicted octanol–water partition coefficient (Wildman–Crippen LogP) is 3.58. The molecule has 1 aliphatic heterocycles. The molecule has 1 fully saturated rings. The Balaban J connectivity index is 1.76. The van der Waals surface area contributed by atoms with Crippen LogP contribution < -0.4 is 5.43 Å². The maximum Gasteiger partial charge on any atom is 0.290 e. The van der Waals surface area contributed by atoms with Crippen LogP contribution in [-0.4, -0.2) is 36.8 Å². The number of aryl methyl sites for hydroxylation is 1. The van der Waals surface area contributed by atoms with Gasteiger partial charge in [-0.05, 0) is 42.7 Å². The van der Waals surface area contributed by atoms with Gasteiger partial charge in [0.15, 0.2) is 21.0 Å². The van der Waals surface area contributed by atoms with Gasteiger partial charge in [0.2, 0.25) is 0 Å². The zero-order valence-corrected chi connectivity index (χ0v) is 17.9. The summed E-state index contributed by atoms with van der Waals surface area (Å²) < 4.78 is 29.9. The largest absolute Gasteiger partial charge is 0.450 e. The van der Waals surface area contributed by atoms with Crippen LogP contribution in [-0.2, 0) is 16.4 Å². The monoisotopic (exact) mass is 445 g/mol. The lowest BCUT2D eigenvalue weighted by atomic mass is 10.1. The van der Waals surface area contributed by atoms with Crippen molar-refractivity contribution in [2.45, 2.75) is 25.9 Å². The van der Waals surface area contributed by atoms with Crippen LogP contribution in [0.4, 0.5) is 0 Å². The van der Waals surface area contributed by atoms with Gasteiger partial charge in [-0.1, -0.05) is 35.9 Å². The van der Waals surface area contributed by atoms with Crippen LogP contribution in [0, 0.1) is 6.92 Å². The Labute approximate surface area is 179 Å². The fraction of sp³-hybridized carbons (Fsp3) is 0.273. The van der Waals surface area contributed by atoms with Crippen LogP contribution >= 0.6 is 11.6 Å². The maximum absolute atomic E-state index is 13.4. The van der Waals surface area contributed by atoms with E-state index in [0.29, 0.717) is 22.4 Å². The first-order valence-corrected chi connectivity index (χ1v) is 11.7. The third-order valence-corrected chi connectivity index (χ3v) is 7.30. The summed E-state index contributed by atoms with van der Waals surface area (Å²) in [5, 5.41) is 0.920. The van der Waals surface area contributed by atoms with Gasteiger partial charge in [0.05, 0.1) is 16.9 Å². The second kappa shape index (κ2) is 7.89. The number of rotatable bonds is 4. The second-order valence-electron chi connectivity index (χ2n) is 7.55. The molecule has 4 rings (SSSR count). The zero-order chi connectivity index (χ0) is 21.5. The van der Waals surface area contributed by atoms with E-state index < -0.39 is 21.8 Å². The van der Waals surface area contributed by atoms with Crippen LogP contribution in [0.5, 0.6) is 0 Å². The average molecular weight is 446 g/mol. The van der Waals surface area contributed by atoms with Crippen molar-refractivity contribution in [2.75, 3.05) is 11.5 Å². The molecule has 2 heterocycles. The molecule has 30 heavy (non-hydrogen) atoms. The first kappa shape index (κ1) is 20.6. The van der Waals surface area contributed by atoms with Gasteiger partial charge in [-0.3, -0.25) is 9.59 Å². The summed E-state index contributed by atoms with van der Waals surface area (Å²) in [5.41, 5.74) is 1.55. The minimum atomic E-state index is -3.22. The number of nitrogens with zero attached hydrogens (tertiary/aromatic N) is 1. The summed E-state index contributed by atoms with van der Waals surface area (Å²) in [4.78, 5) is 27.4. The van der Waals surface area contributed by atoms with Gasteiger partial charge in [0, 0.05) is 23.7 Å². The summed E-state index contributed by atoms with van der Waals surface area (Å²) in [7, 11) is -3.22. The van der Waals surface area contributed by atoms with E-state index in [9.17, 15) is 18.0 Å². The first-order valence-electron chi connectivity index (χ1n) is 9.53. The Morgan fingerprint density at radius 3 is 2.67 bits per heavy atom. The molecule has 0 bridgehead atoms. The van der Waals surface area contributed by atoms with Gasteiger partial charge in [0.25, 0.3) is 5.91 Å². The number of fused-ring (bicyclic) bond motifs is 1. The van der Waals surface area contributed by atoms with Crippen molar-refractivity contribution in [2.24, 2.45) is 0 Å². The minimum Gasteiger partial charge on any atom is -0.450 e. The molecular weight excluding hydrogens is 426 g/mol. The van der Waals surface area contributed by atoms with Crippen molar-refractivity contribution in [3.05, 3.63) is 80.7 Å². The van der Waals surface area contributed by atoms with E-state index in [2.05, 4.69) is 0 Å². The molecule has 156 valence electrons. The highest BCUT2D eigenvalue weighted by atomic mass is 35.5. The third-order valence-electron chi connectivity index (χ3n) is 5.31. The smallest absolute Gasteiger partial charge is 0.290 e. The average Bonchev–Trinajstić information content (AvgIpc) is 3.06. The molecule has 0 aliphatic carbocycles. The highest BCUT2D eigenvalue weighted by Crippen LogP contribution is 2.24. The third kappa shape index (κ3) is 4.13. The Bertz CT molecular complexity index is 1300. The maximum atomic E-state index is 13.4. The Kier molecular flexibility index (Phi) is 5.42. The van der Waals surface area contributed by atoms with E-state index in [1.807, 2.05) is 6.07 Å². The number of sulfone groups is 1. The number of carbonyl (C=O) groups excluding carboxylic acids is 1. The highest BCUT2D eigenvalue weighted by Gasteiger charge is 2.36. The molecule has 1 aromatic heterocycles. The summed E-state index contributed by atoms with van der Waals surface area (Å²) in [6.07, 6.45) is 0.339. The van der Waals surface area contributed by atoms with Crippen molar-refractivity contribution in [3.63, 3.8) is 0 Å². The number of halogens is 1. The fourth-order valence-electron chi connectivity index (χ4n) is 3.79. The van der Waals surface area contributed by atoms with Crippen LogP contribution in [0.1, 0.15) is 28.1 Å². The molecule has 0 radical (unpaired) electrons. The van der Waals surface area contributed by atoms with E-state index in [0.717, 1.165) is 11.1 Å². The van der Waals surface area contributed by atoms with Gasteiger partial charge in [-0.25, -0.2) is 8.42 Å². The van der Waals surface area contributed by atoms with Crippen LogP contribution in [0.2, 0.25) is 5.02 Å². The molecule has 1 unspecified atom stereocenters. The van der Waals surface area contributed by atoms with Gasteiger partial charge < -0.3 is 9.32 Å². The Morgan fingerprint density at radius 1 is 1.20 bits per heavy atom. The number of amides is 1. The van der Waals surface area contributed by atoms with E-state index in [1.54, 1.807) is 43.3 Å². The van der Waals surface area contributed by atoms with Gasteiger partial charge in [0.1, 0.15) is 5.58 Å². The number of carbonyl (C=O) groups is 1. The summed E-state index contributed by atoms with van der Waals surface area (Å²) in [6, 6.07) is 12.9. The van der Waals surface area contributed by atoms with Crippen LogP contribution in [0.25, 0.3) is 11.0 Å². The van der Waals surface area contributed by atoms with Crippen molar-refractivity contribution in [1.29, 1.82) is 0 Å². The lowest BCUT2D eigenvalue weighted by Gasteiger charge is -2.28. The Hall–Kier alpha value is -2.64. The molecule has 0 N–H and O–H groups in total. The van der Waals surface area contributed by atoms with Crippen molar-refractivity contribution >= 4 is 38.3 Å². The fourth-order valence-corrected chi connectivity index (χ4v) is 5.73. The molecule has 8 heteroatoms. The number of hydrogen-bond acceptors (Lipinski definition) is 5. The molecule has 6 nitrogen and oxygen atoms in total. The number of hydrogen-bond donors (Lipinski definition) is 0. The number of benzene rings is 2.